The number of methoxy groups -OCH3 is 1. The molecule has 1 aromatic carbocycles. The van der Waals surface area contributed by atoms with Crippen LogP contribution in [0.5, 0.6) is 5.75 Å². The second-order valence-electron chi connectivity index (χ2n) is 5.23. The highest BCUT2D eigenvalue weighted by atomic mass is 35.5. The Balaban J connectivity index is 0.00000361. The van der Waals surface area contributed by atoms with E-state index in [9.17, 15) is 4.79 Å². The van der Waals surface area contributed by atoms with Crippen molar-refractivity contribution in [3.05, 3.63) is 29.8 Å². The van der Waals surface area contributed by atoms with Crippen LogP contribution in [0.15, 0.2) is 24.3 Å². The Morgan fingerprint density at radius 1 is 1.25 bits per heavy atom. The Hall–Kier alpha value is -1.26. The van der Waals surface area contributed by atoms with Crippen LogP contribution in [-0.2, 0) is 11.2 Å². The Bertz CT molecular complexity index is 422. The fourth-order valence-electron chi connectivity index (χ4n) is 1.95. The molecule has 1 aromatic rings. The first-order valence-corrected chi connectivity index (χ1v) is 6.56. The maximum atomic E-state index is 12.2. The summed E-state index contributed by atoms with van der Waals surface area (Å²) in [5.41, 5.74) is 0.598. The highest BCUT2D eigenvalue weighted by molar-refractivity contribution is 5.85. The van der Waals surface area contributed by atoms with E-state index in [1.807, 2.05) is 45.2 Å². The summed E-state index contributed by atoms with van der Waals surface area (Å²) in [4.78, 5) is 12.2. The van der Waals surface area contributed by atoms with Crippen LogP contribution in [0.4, 0.5) is 0 Å². The third-order valence-corrected chi connectivity index (χ3v) is 3.10. The zero-order chi connectivity index (χ0) is 14.3. The van der Waals surface area contributed by atoms with Crippen molar-refractivity contribution in [2.75, 3.05) is 27.2 Å². The normalized spacial score (nSPS) is 10.6. The summed E-state index contributed by atoms with van der Waals surface area (Å²) in [7, 11) is 3.52. The standard InChI is InChI=1S/C15H24N2O2.ClH/c1-15(2,14(18)17-10-9-16-3)11-12-7-5-6-8-13(12)19-4;/h5-8,16H,9-11H2,1-4H3,(H,17,18);1H. The molecule has 5 heteroatoms. The highest BCUT2D eigenvalue weighted by Crippen LogP contribution is 2.27. The number of hydrogen-bond donors (Lipinski definition) is 2. The quantitative estimate of drug-likeness (QED) is 0.758. The van der Waals surface area contributed by atoms with Gasteiger partial charge in [0.1, 0.15) is 5.75 Å². The summed E-state index contributed by atoms with van der Waals surface area (Å²) in [6.07, 6.45) is 0.655. The van der Waals surface area contributed by atoms with Crippen molar-refractivity contribution in [1.82, 2.24) is 10.6 Å². The van der Waals surface area contributed by atoms with Crippen molar-refractivity contribution < 1.29 is 9.53 Å². The minimum Gasteiger partial charge on any atom is -0.496 e. The molecule has 0 saturated carbocycles. The summed E-state index contributed by atoms with van der Waals surface area (Å²) < 4.78 is 5.33. The number of para-hydroxylation sites is 1. The molecule has 0 aliphatic rings. The fourth-order valence-corrected chi connectivity index (χ4v) is 1.95. The van der Waals surface area contributed by atoms with Gasteiger partial charge in [-0.1, -0.05) is 32.0 Å². The lowest BCUT2D eigenvalue weighted by Gasteiger charge is -2.24. The third kappa shape index (κ3) is 5.39. The molecule has 0 heterocycles. The molecular formula is C15H25ClN2O2. The van der Waals surface area contributed by atoms with Crippen LogP contribution in [0.1, 0.15) is 19.4 Å². The van der Waals surface area contributed by atoms with Gasteiger partial charge in [0, 0.05) is 18.5 Å². The van der Waals surface area contributed by atoms with E-state index in [0.29, 0.717) is 13.0 Å². The zero-order valence-electron chi connectivity index (χ0n) is 12.7. The molecule has 2 N–H and O–H groups in total. The first-order chi connectivity index (χ1) is 9.01. The predicted octanol–water partition coefficient (Wildman–Crippen LogP) is 2.02. The van der Waals surface area contributed by atoms with E-state index in [0.717, 1.165) is 17.9 Å². The van der Waals surface area contributed by atoms with E-state index in [1.54, 1.807) is 7.11 Å². The molecule has 0 fully saturated rings. The molecule has 0 saturated heterocycles. The minimum absolute atomic E-state index is 0. The van der Waals surface area contributed by atoms with Crippen molar-refractivity contribution in [2.45, 2.75) is 20.3 Å². The van der Waals surface area contributed by atoms with Crippen LogP contribution in [-0.4, -0.2) is 33.2 Å². The van der Waals surface area contributed by atoms with E-state index in [4.69, 9.17) is 4.74 Å². The molecule has 0 spiro atoms. The lowest BCUT2D eigenvalue weighted by atomic mass is 9.84. The number of hydrogen-bond acceptors (Lipinski definition) is 3. The number of ether oxygens (including phenoxy) is 1. The molecule has 1 amide bonds. The average Bonchev–Trinajstić information content (AvgIpc) is 2.39. The molecule has 0 radical (unpaired) electrons. The molecule has 4 nitrogen and oxygen atoms in total. The van der Waals surface area contributed by atoms with Crippen LogP contribution < -0.4 is 15.4 Å². The fraction of sp³-hybridized carbons (Fsp3) is 0.533. The lowest BCUT2D eigenvalue weighted by molar-refractivity contribution is -0.129. The van der Waals surface area contributed by atoms with Gasteiger partial charge in [0.05, 0.1) is 7.11 Å². The van der Waals surface area contributed by atoms with Gasteiger partial charge in [-0.05, 0) is 25.1 Å². The van der Waals surface area contributed by atoms with Crippen LogP contribution in [0.2, 0.25) is 0 Å². The van der Waals surface area contributed by atoms with E-state index in [2.05, 4.69) is 10.6 Å². The molecule has 0 aromatic heterocycles. The molecule has 20 heavy (non-hydrogen) atoms. The number of nitrogens with one attached hydrogen (secondary N) is 2. The van der Waals surface area contributed by atoms with Crippen molar-refractivity contribution >= 4 is 18.3 Å². The Kier molecular flexibility index (Phi) is 8.26. The van der Waals surface area contributed by atoms with E-state index < -0.39 is 5.41 Å². The maximum absolute atomic E-state index is 12.2. The summed E-state index contributed by atoms with van der Waals surface area (Å²) in [5, 5.41) is 5.95. The molecular weight excluding hydrogens is 276 g/mol. The monoisotopic (exact) mass is 300 g/mol. The molecule has 114 valence electrons. The topological polar surface area (TPSA) is 50.4 Å². The van der Waals surface area contributed by atoms with Gasteiger partial charge >= 0.3 is 0 Å². The molecule has 0 atom stereocenters. The Labute approximate surface area is 127 Å². The molecule has 1 rings (SSSR count). The van der Waals surface area contributed by atoms with Gasteiger partial charge in [0.15, 0.2) is 0 Å². The Morgan fingerprint density at radius 3 is 2.50 bits per heavy atom. The average molecular weight is 301 g/mol. The van der Waals surface area contributed by atoms with Crippen molar-refractivity contribution in [1.29, 1.82) is 0 Å². The van der Waals surface area contributed by atoms with Gasteiger partial charge in [0.25, 0.3) is 0 Å². The second kappa shape index (κ2) is 8.82. The number of benzene rings is 1. The van der Waals surface area contributed by atoms with Crippen LogP contribution >= 0.6 is 12.4 Å². The number of carbonyl (C=O) groups is 1. The van der Waals surface area contributed by atoms with Crippen LogP contribution in [0, 0.1) is 5.41 Å². The summed E-state index contributed by atoms with van der Waals surface area (Å²) in [6.45, 7) is 5.32. The maximum Gasteiger partial charge on any atom is 0.226 e. The smallest absolute Gasteiger partial charge is 0.226 e. The van der Waals surface area contributed by atoms with Gasteiger partial charge in [0.2, 0.25) is 5.91 Å². The van der Waals surface area contributed by atoms with E-state index in [1.165, 1.54) is 0 Å². The number of carbonyl (C=O) groups excluding carboxylic acids is 1. The Morgan fingerprint density at radius 2 is 1.90 bits per heavy atom. The molecule has 0 bridgehead atoms. The SMILES string of the molecule is CNCCNC(=O)C(C)(C)Cc1ccccc1OC.Cl. The summed E-state index contributed by atoms with van der Waals surface area (Å²) in [6, 6.07) is 7.82. The van der Waals surface area contributed by atoms with Crippen molar-refractivity contribution in [3.63, 3.8) is 0 Å². The van der Waals surface area contributed by atoms with E-state index >= 15 is 0 Å². The second-order valence-corrected chi connectivity index (χ2v) is 5.23. The van der Waals surface area contributed by atoms with Gasteiger partial charge in [-0.2, -0.15) is 0 Å². The van der Waals surface area contributed by atoms with Crippen molar-refractivity contribution in [3.8, 4) is 5.75 Å². The number of amides is 1. The van der Waals surface area contributed by atoms with Gasteiger partial charge < -0.3 is 15.4 Å². The van der Waals surface area contributed by atoms with E-state index in [-0.39, 0.29) is 18.3 Å². The van der Waals surface area contributed by atoms with Crippen molar-refractivity contribution in [2.24, 2.45) is 5.41 Å². The first kappa shape index (κ1) is 18.7. The number of likely N-dealkylation sites (N-methyl/N-ethyl adjacent to an activating group) is 1. The molecule has 0 aliphatic heterocycles. The summed E-state index contributed by atoms with van der Waals surface area (Å²) in [5.74, 6) is 0.896. The van der Waals surface area contributed by atoms with Gasteiger partial charge in [-0.15, -0.1) is 12.4 Å². The third-order valence-electron chi connectivity index (χ3n) is 3.10. The van der Waals surface area contributed by atoms with Crippen LogP contribution in [0.3, 0.4) is 0 Å². The number of rotatable bonds is 7. The van der Waals surface area contributed by atoms with Crippen LogP contribution in [0.25, 0.3) is 0 Å². The largest absolute Gasteiger partial charge is 0.496 e. The summed E-state index contributed by atoms with van der Waals surface area (Å²) >= 11 is 0. The predicted molar refractivity (Wildman–Crippen MR) is 84.7 cm³/mol. The highest BCUT2D eigenvalue weighted by Gasteiger charge is 2.28. The first-order valence-electron chi connectivity index (χ1n) is 6.56. The van der Waals surface area contributed by atoms with Gasteiger partial charge in [-0.3, -0.25) is 4.79 Å². The minimum atomic E-state index is -0.456. The number of halogens is 1. The molecule has 0 unspecified atom stereocenters. The van der Waals surface area contributed by atoms with Gasteiger partial charge in [-0.25, -0.2) is 0 Å². The zero-order valence-corrected chi connectivity index (χ0v) is 13.5. The lowest BCUT2D eigenvalue weighted by Crippen LogP contribution is -2.41. The molecule has 0 aliphatic carbocycles.